The van der Waals surface area contributed by atoms with Crippen LogP contribution in [0, 0.1) is 12.3 Å². The van der Waals surface area contributed by atoms with Crippen LogP contribution in [0.3, 0.4) is 0 Å². The van der Waals surface area contributed by atoms with Crippen molar-refractivity contribution in [2.75, 3.05) is 33.3 Å². The minimum absolute atomic E-state index is 0.0368. The summed E-state index contributed by atoms with van der Waals surface area (Å²) in [7, 11) is 1.50. The Bertz CT molecular complexity index is 1570. The van der Waals surface area contributed by atoms with E-state index in [1.807, 2.05) is 35.2 Å². The van der Waals surface area contributed by atoms with Crippen molar-refractivity contribution in [3.63, 3.8) is 0 Å². The minimum atomic E-state index is -0.597. The topological polar surface area (TPSA) is 126 Å². The zero-order valence-electron chi connectivity index (χ0n) is 21.9. The third-order valence-corrected chi connectivity index (χ3v) is 7.99. The molecule has 5 heterocycles. The van der Waals surface area contributed by atoms with Gasteiger partial charge >= 0.3 is 0 Å². The third-order valence-electron chi connectivity index (χ3n) is 7.99. The zero-order valence-corrected chi connectivity index (χ0v) is 21.9. The number of carbonyl (C=O) groups is 3. The fourth-order valence-electron chi connectivity index (χ4n) is 5.78. The molecular formula is C28H29N7O4. The molecule has 4 aromatic rings. The molecule has 0 radical (unpaired) electrons. The maximum Gasteiger partial charge on any atom is 0.295 e. The smallest absolute Gasteiger partial charge is 0.295 e. The van der Waals surface area contributed by atoms with Gasteiger partial charge in [0.15, 0.2) is 5.82 Å². The first-order valence-electron chi connectivity index (χ1n) is 13.0. The van der Waals surface area contributed by atoms with Crippen molar-refractivity contribution < 1.29 is 19.1 Å². The number of methoxy groups -OCH3 is 1. The van der Waals surface area contributed by atoms with Gasteiger partial charge in [0.1, 0.15) is 17.9 Å². The van der Waals surface area contributed by atoms with Gasteiger partial charge in [0.2, 0.25) is 0 Å². The van der Waals surface area contributed by atoms with Crippen LogP contribution in [0.25, 0.3) is 16.7 Å². The molecule has 2 aliphatic heterocycles. The van der Waals surface area contributed by atoms with Crippen molar-refractivity contribution in [2.45, 2.75) is 26.2 Å². The summed E-state index contributed by atoms with van der Waals surface area (Å²) in [5.41, 5.74) is 1.37. The highest BCUT2D eigenvalue weighted by atomic mass is 16.5. The van der Waals surface area contributed by atoms with Crippen LogP contribution in [-0.2, 0) is 4.79 Å². The van der Waals surface area contributed by atoms with E-state index in [0.29, 0.717) is 60.0 Å². The average Bonchev–Trinajstić information content (AvgIpc) is 3.71. The molecule has 3 aromatic heterocycles. The largest absolute Gasteiger partial charge is 0.494 e. The molecule has 0 saturated carbocycles. The standard InChI is InChI=1S/C28H29N7O4/c1-18-31-17-35(32-18)25-23-22(21(39-2)15-30-25)20(14-29-23)24(36)27(38)34-13-10-28(16-34)8-11-33(12-9-28)26(37)19-6-4-3-5-7-19/h3-7,14-15,17,29H,8-13,16H2,1-2H3. The number of amides is 2. The van der Waals surface area contributed by atoms with E-state index in [2.05, 4.69) is 20.1 Å². The second kappa shape index (κ2) is 9.64. The monoisotopic (exact) mass is 527 g/mol. The molecule has 2 amide bonds. The lowest BCUT2D eigenvalue weighted by molar-refractivity contribution is -0.126. The Morgan fingerprint density at radius 1 is 1.00 bits per heavy atom. The molecule has 1 N–H and O–H groups in total. The number of likely N-dealkylation sites (tertiary alicyclic amines) is 2. The highest BCUT2D eigenvalue weighted by molar-refractivity contribution is 6.45. The molecule has 0 atom stereocenters. The van der Waals surface area contributed by atoms with Gasteiger partial charge in [0.25, 0.3) is 17.6 Å². The number of benzene rings is 1. The fraction of sp³-hybridized carbons (Fsp3) is 0.357. The summed E-state index contributed by atoms with van der Waals surface area (Å²) in [6.45, 7) is 4.08. The summed E-state index contributed by atoms with van der Waals surface area (Å²) in [5.74, 6) is 0.325. The molecule has 0 bridgehead atoms. The van der Waals surface area contributed by atoms with Crippen LogP contribution < -0.4 is 4.74 Å². The van der Waals surface area contributed by atoms with Crippen LogP contribution in [0.15, 0.2) is 49.1 Å². The van der Waals surface area contributed by atoms with Gasteiger partial charge in [-0.15, -0.1) is 0 Å². The third kappa shape index (κ3) is 4.33. The molecule has 0 aliphatic carbocycles. The van der Waals surface area contributed by atoms with Crippen LogP contribution >= 0.6 is 0 Å². The van der Waals surface area contributed by atoms with Crippen molar-refractivity contribution in [2.24, 2.45) is 5.41 Å². The van der Waals surface area contributed by atoms with E-state index in [-0.39, 0.29) is 16.9 Å². The number of rotatable bonds is 5. The highest BCUT2D eigenvalue weighted by Gasteiger charge is 2.44. The lowest BCUT2D eigenvalue weighted by Gasteiger charge is -2.39. The minimum Gasteiger partial charge on any atom is -0.494 e. The van der Waals surface area contributed by atoms with Gasteiger partial charge in [-0.05, 0) is 43.7 Å². The summed E-state index contributed by atoms with van der Waals surface area (Å²) in [4.78, 5) is 55.0. The molecule has 1 aromatic carbocycles. The van der Waals surface area contributed by atoms with E-state index < -0.39 is 11.7 Å². The molecule has 2 saturated heterocycles. The average molecular weight is 528 g/mol. The van der Waals surface area contributed by atoms with Crippen LogP contribution in [0.1, 0.15) is 45.8 Å². The number of nitrogens with zero attached hydrogens (tertiary/aromatic N) is 6. The summed E-state index contributed by atoms with van der Waals surface area (Å²) in [6.07, 6.45) is 7.00. The van der Waals surface area contributed by atoms with E-state index in [9.17, 15) is 14.4 Å². The summed E-state index contributed by atoms with van der Waals surface area (Å²) in [6, 6.07) is 9.30. The number of ether oxygens (including phenoxy) is 1. The van der Waals surface area contributed by atoms with Gasteiger partial charge in [-0.3, -0.25) is 14.4 Å². The van der Waals surface area contributed by atoms with Crippen molar-refractivity contribution in [1.29, 1.82) is 0 Å². The van der Waals surface area contributed by atoms with E-state index in [4.69, 9.17) is 4.74 Å². The number of aromatic amines is 1. The molecule has 39 heavy (non-hydrogen) atoms. The first kappa shape index (κ1) is 24.8. The number of carbonyl (C=O) groups excluding carboxylic acids is 3. The maximum atomic E-state index is 13.5. The molecule has 11 heteroatoms. The number of hydrogen-bond acceptors (Lipinski definition) is 7. The van der Waals surface area contributed by atoms with Gasteiger partial charge in [0, 0.05) is 37.9 Å². The predicted molar refractivity (Wildman–Crippen MR) is 142 cm³/mol. The number of nitrogens with one attached hydrogen (secondary N) is 1. The van der Waals surface area contributed by atoms with Gasteiger partial charge < -0.3 is 19.5 Å². The zero-order chi connectivity index (χ0) is 27.1. The highest BCUT2D eigenvalue weighted by Crippen LogP contribution is 2.41. The molecular weight excluding hydrogens is 498 g/mol. The number of piperidine rings is 1. The van der Waals surface area contributed by atoms with Crippen LogP contribution in [0.5, 0.6) is 5.75 Å². The van der Waals surface area contributed by atoms with Crippen LogP contribution in [0.4, 0.5) is 0 Å². The molecule has 200 valence electrons. The normalized spacial score (nSPS) is 16.7. The number of aryl methyl sites for hydroxylation is 1. The summed E-state index contributed by atoms with van der Waals surface area (Å²) < 4.78 is 7.01. The predicted octanol–water partition coefficient (Wildman–Crippen LogP) is 2.80. The Morgan fingerprint density at radius 3 is 2.38 bits per heavy atom. The maximum absolute atomic E-state index is 13.5. The number of fused-ring (bicyclic) bond motifs is 1. The van der Waals surface area contributed by atoms with Crippen LogP contribution in [-0.4, -0.2) is 85.4 Å². The van der Waals surface area contributed by atoms with Crippen LogP contribution in [0.2, 0.25) is 0 Å². The van der Waals surface area contributed by atoms with Crippen molar-refractivity contribution >= 4 is 28.5 Å². The Hall–Kier alpha value is -4.54. The van der Waals surface area contributed by atoms with E-state index >= 15 is 0 Å². The lowest BCUT2D eigenvalue weighted by Crippen LogP contribution is -2.45. The SMILES string of the molecule is COc1cnc(-n2cnc(C)n2)c2[nH]cc(C(=O)C(=O)N3CCC4(CCN(C(=O)c5ccccc5)CC4)C3)c12. The van der Waals surface area contributed by atoms with Crippen molar-refractivity contribution in [1.82, 2.24) is 34.5 Å². The van der Waals surface area contributed by atoms with Gasteiger partial charge in [0.05, 0.1) is 29.8 Å². The number of hydrogen-bond donors (Lipinski definition) is 1. The fourth-order valence-corrected chi connectivity index (χ4v) is 5.78. The first-order chi connectivity index (χ1) is 18.9. The van der Waals surface area contributed by atoms with Crippen molar-refractivity contribution in [3.05, 3.63) is 66.0 Å². The Labute approximate surface area is 224 Å². The lowest BCUT2D eigenvalue weighted by atomic mass is 9.77. The summed E-state index contributed by atoms with van der Waals surface area (Å²) >= 11 is 0. The summed E-state index contributed by atoms with van der Waals surface area (Å²) in [5, 5.41) is 4.80. The number of pyridine rings is 1. The Morgan fingerprint density at radius 2 is 1.72 bits per heavy atom. The second-order valence-electron chi connectivity index (χ2n) is 10.3. The number of ketones is 1. The quantitative estimate of drug-likeness (QED) is 0.312. The van der Waals surface area contributed by atoms with Crippen molar-refractivity contribution in [3.8, 4) is 11.6 Å². The molecule has 1 spiro atoms. The molecule has 11 nitrogen and oxygen atoms in total. The number of Topliss-reactive ketones (excluding diaryl/α,β-unsaturated/α-hetero) is 1. The molecule has 2 fully saturated rings. The Kier molecular flexibility index (Phi) is 6.13. The first-order valence-corrected chi connectivity index (χ1v) is 13.0. The second-order valence-corrected chi connectivity index (χ2v) is 10.3. The molecule has 0 unspecified atom stereocenters. The van der Waals surface area contributed by atoms with E-state index in [0.717, 1.165) is 19.3 Å². The Balaban J connectivity index is 1.18. The van der Waals surface area contributed by atoms with Gasteiger partial charge in [-0.1, -0.05) is 18.2 Å². The molecule has 2 aliphatic rings. The molecule has 6 rings (SSSR count). The number of H-pyrrole nitrogens is 1. The van der Waals surface area contributed by atoms with Gasteiger partial charge in [-0.2, -0.15) is 5.10 Å². The van der Waals surface area contributed by atoms with E-state index in [1.165, 1.54) is 24.2 Å². The number of aromatic nitrogens is 5. The van der Waals surface area contributed by atoms with Gasteiger partial charge in [-0.25, -0.2) is 14.6 Å². The van der Waals surface area contributed by atoms with E-state index in [1.54, 1.807) is 18.2 Å².